The lowest BCUT2D eigenvalue weighted by Crippen LogP contribution is -2.28. The van der Waals surface area contributed by atoms with Crippen molar-refractivity contribution in [1.29, 1.82) is 0 Å². The van der Waals surface area contributed by atoms with Crippen LogP contribution < -0.4 is 0 Å². The molecule has 0 saturated heterocycles. The zero-order chi connectivity index (χ0) is 9.61. The maximum Gasteiger partial charge on any atom is 0.303 e. The van der Waals surface area contributed by atoms with Gasteiger partial charge in [0.15, 0.2) is 8.32 Å². The quantitative estimate of drug-likeness (QED) is 0.526. The summed E-state index contributed by atoms with van der Waals surface area (Å²) in [6.07, 6.45) is 1.96. The van der Waals surface area contributed by atoms with E-state index in [2.05, 4.69) is 23.6 Å². The highest BCUT2D eigenvalue weighted by Crippen LogP contribution is 2.14. The normalized spacial score (nSPS) is 11.6. The van der Waals surface area contributed by atoms with E-state index in [0.717, 1.165) is 18.9 Å². The van der Waals surface area contributed by atoms with Crippen molar-refractivity contribution in [3.63, 3.8) is 0 Å². The second kappa shape index (κ2) is 5.50. The minimum Gasteiger partial charge on any atom is -0.481 e. The highest BCUT2D eigenvalue weighted by atomic mass is 28.4. The molecule has 0 aromatic carbocycles. The molecule has 0 bridgehead atoms. The summed E-state index contributed by atoms with van der Waals surface area (Å²) in [5.41, 5.74) is 0. The van der Waals surface area contributed by atoms with Crippen LogP contribution in [-0.4, -0.2) is 29.9 Å². The zero-order valence-corrected chi connectivity index (χ0v) is 9.59. The Balaban J connectivity index is 3.37. The number of unbranched alkanes of at least 4 members (excludes halogenated alkanes) is 1. The largest absolute Gasteiger partial charge is 0.481 e. The summed E-state index contributed by atoms with van der Waals surface area (Å²) in [6.45, 7) is 4.20. The number of carboxylic acids is 1. The average molecular weight is 203 g/mol. The van der Waals surface area contributed by atoms with Gasteiger partial charge in [0.2, 0.25) is 10.5 Å². The van der Waals surface area contributed by atoms with Crippen LogP contribution in [0.1, 0.15) is 19.3 Å². The third-order valence-corrected chi connectivity index (χ3v) is 5.46. The van der Waals surface area contributed by atoms with Gasteiger partial charge in [-0.1, -0.05) is 6.42 Å². The summed E-state index contributed by atoms with van der Waals surface area (Å²) >= 11 is 0. The SMILES string of the molecule is C[Si](C)(CCCCC(=O)O)O[Si]. The lowest BCUT2D eigenvalue weighted by molar-refractivity contribution is -0.137. The van der Waals surface area contributed by atoms with Crippen molar-refractivity contribution in [3.05, 3.63) is 0 Å². The minimum atomic E-state index is -1.53. The third-order valence-electron chi connectivity index (χ3n) is 1.70. The Morgan fingerprint density at radius 3 is 2.50 bits per heavy atom. The van der Waals surface area contributed by atoms with E-state index in [1.807, 2.05) is 0 Å². The Morgan fingerprint density at radius 2 is 2.08 bits per heavy atom. The molecule has 0 aliphatic carbocycles. The lowest BCUT2D eigenvalue weighted by atomic mass is 10.2. The van der Waals surface area contributed by atoms with Crippen LogP contribution in [0.25, 0.3) is 0 Å². The van der Waals surface area contributed by atoms with E-state index in [9.17, 15) is 4.79 Å². The second-order valence-electron chi connectivity index (χ2n) is 3.46. The second-order valence-corrected chi connectivity index (χ2v) is 8.30. The fourth-order valence-electron chi connectivity index (χ4n) is 0.878. The van der Waals surface area contributed by atoms with E-state index >= 15 is 0 Å². The van der Waals surface area contributed by atoms with Crippen molar-refractivity contribution >= 4 is 24.8 Å². The van der Waals surface area contributed by atoms with Gasteiger partial charge < -0.3 is 9.22 Å². The predicted octanol–water partition coefficient (Wildman–Crippen LogP) is 1.55. The molecule has 0 aromatic rings. The molecule has 0 aliphatic rings. The number of hydrogen-bond acceptors (Lipinski definition) is 2. The number of aliphatic carboxylic acids is 1. The Labute approximate surface area is 77.8 Å². The van der Waals surface area contributed by atoms with Crippen LogP contribution in [0.3, 0.4) is 0 Å². The molecular formula is C7H15O3Si2. The van der Waals surface area contributed by atoms with Crippen LogP contribution >= 0.6 is 0 Å². The minimum absolute atomic E-state index is 0.270. The summed E-state index contributed by atoms with van der Waals surface area (Å²) in [6, 6.07) is 1.00. The first-order valence-electron chi connectivity index (χ1n) is 4.04. The highest BCUT2D eigenvalue weighted by molar-refractivity contribution is 6.73. The Kier molecular flexibility index (Phi) is 5.44. The Morgan fingerprint density at radius 1 is 1.50 bits per heavy atom. The topological polar surface area (TPSA) is 46.5 Å². The molecule has 69 valence electrons. The van der Waals surface area contributed by atoms with Gasteiger partial charge in [-0.05, 0) is 25.6 Å². The number of hydrogen-bond donors (Lipinski definition) is 1. The molecule has 0 aromatic heterocycles. The number of carboxylic acid groups (broad SMARTS) is 1. The fraction of sp³-hybridized carbons (Fsp3) is 0.857. The molecular weight excluding hydrogens is 188 g/mol. The summed E-state index contributed by atoms with van der Waals surface area (Å²) in [5.74, 6) is -0.714. The van der Waals surface area contributed by atoms with Gasteiger partial charge in [0.05, 0.1) is 0 Å². The van der Waals surface area contributed by atoms with Crippen LogP contribution in [-0.2, 0) is 8.91 Å². The van der Waals surface area contributed by atoms with Crippen molar-refractivity contribution in [3.8, 4) is 0 Å². The van der Waals surface area contributed by atoms with Gasteiger partial charge >= 0.3 is 5.97 Å². The van der Waals surface area contributed by atoms with E-state index in [4.69, 9.17) is 9.22 Å². The molecule has 3 nitrogen and oxygen atoms in total. The molecule has 0 aliphatic heterocycles. The van der Waals surface area contributed by atoms with Crippen LogP contribution in [0.2, 0.25) is 19.1 Å². The molecule has 1 N–H and O–H groups in total. The Hall–Kier alpha value is -0.136. The molecule has 3 radical (unpaired) electrons. The van der Waals surface area contributed by atoms with Gasteiger partial charge in [0.25, 0.3) is 0 Å². The lowest BCUT2D eigenvalue weighted by Gasteiger charge is -2.19. The van der Waals surface area contributed by atoms with Gasteiger partial charge in [-0.25, -0.2) is 0 Å². The molecule has 5 heteroatoms. The van der Waals surface area contributed by atoms with Gasteiger partial charge in [0.1, 0.15) is 0 Å². The van der Waals surface area contributed by atoms with Crippen LogP contribution in [0, 0.1) is 0 Å². The summed E-state index contributed by atoms with van der Waals surface area (Å²) in [4.78, 5) is 10.2. The van der Waals surface area contributed by atoms with Crippen molar-refractivity contribution < 1.29 is 14.0 Å². The van der Waals surface area contributed by atoms with Crippen molar-refractivity contribution in [1.82, 2.24) is 0 Å². The first-order chi connectivity index (χ1) is 5.48. The summed E-state index contributed by atoms with van der Waals surface area (Å²) in [5, 5.41) is 8.37. The first-order valence-corrected chi connectivity index (χ1v) is 7.57. The molecule has 0 rings (SSSR count). The monoisotopic (exact) mass is 203 g/mol. The van der Waals surface area contributed by atoms with Crippen LogP contribution in [0.4, 0.5) is 0 Å². The van der Waals surface area contributed by atoms with Crippen molar-refractivity contribution in [2.45, 2.75) is 38.4 Å². The summed E-state index contributed by atoms with van der Waals surface area (Å²) < 4.78 is 5.14. The highest BCUT2D eigenvalue weighted by Gasteiger charge is 2.18. The standard InChI is InChI=1S/C7H15O3Si2/c1-12(2,10-11)6-4-3-5-7(8)9/h3-6H2,1-2H3,(H,8,9). The first kappa shape index (κ1) is 11.9. The van der Waals surface area contributed by atoms with Crippen molar-refractivity contribution in [2.75, 3.05) is 0 Å². The van der Waals surface area contributed by atoms with Crippen molar-refractivity contribution in [2.24, 2.45) is 0 Å². The molecule has 0 spiro atoms. The molecule has 0 fully saturated rings. The molecule has 12 heavy (non-hydrogen) atoms. The Bertz CT molecular complexity index is 148. The maximum absolute atomic E-state index is 10.2. The smallest absolute Gasteiger partial charge is 0.303 e. The van der Waals surface area contributed by atoms with E-state index < -0.39 is 14.3 Å². The van der Waals surface area contributed by atoms with Gasteiger partial charge in [-0.3, -0.25) is 4.79 Å². The van der Waals surface area contributed by atoms with Gasteiger partial charge in [-0.2, -0.15) is 0 Å². The molecule has 0 atom stereocenters. The molecule has 0 amide bonds. The number of carbonyl (C=O) groups is 1. The van der Waals surface area contributed by atoms with E-state index in [-0.39, 0.29) is 6.42 Å². The molecule has 0 unspecified atom stereocenters. The average Bonchev–Trinajstić information content (AvgIpc) is 1.98. The van der Waals surface area contributed by atoms with Crippen LogP contribution in [0.15, 0.2) is 0 Å². The van der Waals surface area contributed by atoms with Crippen LogP contribution in [0.5, 0.6) is 0 Å². The van der Waals surface area contributed by atoms with E-state index in [1.54, 1.807) is 0 Å². The van der Waals surface area contributed by atoms with E-state index in [1.165, 1.54) is 0 Å². The fourth-order valence-corrected chi connectivity index (χ4v) is 2.39. The van der Waals surface area contributed by atoms with Gasteiger partial charge in [0, 0.05) is 6.42 Å². The molecule has 0 saturated carbocycles. The number of rotatable bonds is 6. The van der Waals surface area contributed by atoms with Gasteiger partial charge in [-0.15, -0.1) is 0 Å². The third kappa shape index (κ3) is 6.57. The predicted molar refractivity (Wildman–Crippen MR) is 50.6 cm³/mol. The summed E-state index contributed by atoms with van der Waals surface area (Å²) in [7, 11) is 1.52. The van der Waals surface area contributed by atoms with E-state index in [0.29, 0.717) is 0 Å². The molecule has 0 heterocycles. The maximum atomic E-state index is 10.2. The zero-order valence-electron chi connectivity index (χ0n) is 7.59.